The summed E-state index contributed by atoms with van der Waals surface area (Å²) in [6.45, 7) is 0.656. The van der Waals surface area contributed by atoms with Gasteiger partial charge in [-0.3, -0.25) is 0 Å². The van der Waals surface area contributed by atoms with Crippen molar-refractivity contribution in [2.45, 2.75) is 19.3 Å². The lowest BCUT2D eigenvalue weighted by molar-refractivity contribution is 0.393. The standard InChI is InChI=1S/C20H23N3O3S/c1-24-16-9-8-14(17(13-16)25-2)12-15(6-3-4-10-21)20-22-19(23-26-20)18-7-5-11-27-18/h5,7-9,11-13H,3-4,6,10,21H2,1-2H3/b15-12+. The van der Waals surface area contributed by atoms with Crippen molar-refractivity contribution in [1.82, 2.24) is 10.1 Å². The molecule has 0 radical (unpaired) electrons. The van der Waals surface area contributed by atoms with Crippen LogP contribution in [0.1, 0.15) is 30.7 Å². The first-order valence-corrected chi connectivity index (χ1v) is 9.63. The second kappa shape index (κ2) is 9.34. The van der Waals surface area contributed by atoms with Gasteiger partial charge in [-0.15, -0.1) is 11.3 Å². The highest BCUT2D eigenvalue weighted by molar-refractivity contribution is 7.13. The van der Waals surface area contributed by atoms with E-state index in [-0.39, 0.29) is 0 Å². The first-order chi connectivity index (χ1) is 13.2. The number of ether oxygens (including phenoxy) is 2. The topological polar surface area (TPSA) is 83.4 Å². The van der Waals surface area contributed by atoms with Crippen molar-refractivity contribution in [3.05, 3.63) is 47.2 Å². The van der Waals surface area contributed by atoms with E-state index in [1.807, 2.05) is 41.8 Å². The molecule has 0 unspecified atom stereocenters. The number of hydrogen-bond donors (Lipinski definition) is 1. The van der Waals surface area contributed by atoms with Crippen molar-refractivity contribution in [1.29, 1.82) is 0 Å². The smallest absolute Gasteiger partial charge is 0.254 e. The molecule has 6 nitrogen and oxygen atoms in total. The van der Waals surface area contributed by atoms with Gasteiger partial charge in [-0.25, -0.2) is 0 Å². The van der Waals surface area contributed by atoms with Crippen molar-refractivity contribution < 1.29 is 14.0 Å². The predicted molar refractivity (Wildman–Crippen MR) is 108 cm³/mol. The molecule has 0 saturated heterocycles. The zero-order valence-corrected chi connectivity index (χ0v) is 16.3. The lowest BCUT2D eigenvalue weighted by Gasteiger charge is -2.09. The molecule has 7 heteroatoms. The van der Waals surface area contributed by atoms with Gasteiger partial charge in [-0.2, -0.15) is 4.98 Å². The van der Waals surface area contributed by atoms with E-state index >= 15 is 0 Å². The molecule has 3 rings (SSSR count). The number of aromatic nitrogens is 2. The van der Waals surface area contributed by atoms with Crippen LogP contribution in [-0.4, -0.2) is 30.9 Å². The Labute approximate surface area is 162 Å². The Bertz CT molecular complexity index is 888. The summed E-state index contributed by atoms with van der Waals surface area (Å²) in [4.78, 5) is 5.56. The number of nitrogens with two attached hydrogens (primary N) is 1. The van der Waals surface area contributed by atoms with Crippen LogP contribution >= 0.6 is 11.3 Å². The number of hydrogen-bond acceptors (Lipinski definition) is 7. The van der Waals surface area contributed by atoms with Gasteiger partial charge in [0.15, 0.2) is 0 Å². The minimum Gasteiger partial charge on any atom is -0.497 e. The zero-order valence-electron chi connectivity index (χ0n) is 15.5. The third-order valence-corrected chi connectivity index (χ3v) is 4.98. The van der Waals surface area contributed by atoms with Crippen molar-refractivity contribution in [3.63, 3.8) is 0 Å². The van der Waals surface area contributed by atoms with Crippen LogP contribution in [-0.2, 0) is 0 Å². The Hall–Kier alpha value is -2.64. The molecule has 1 aromatic carbocycles. The van der Waals surface area contributed by atoms with Gasteiger partial charge in [-0.05, 0) is 55.5 Å². The van der Waals surface area contributed by atoms with Crippen LogP contribution in [0.3, 0.4) is 0 Å². The first-order valence-electron chi connectivity index (χ1n) is 8.75. The number of benzene rings is 1. The fraction of sp³-hybridized carbons (Fsp3) is 0.300. The molecule has 0 fully saturated rings. The summed E-state index contributed by atoms with van der Waals surface area (Å²) in [5.41, 5.74) is 7.54. The molecule has 142 valence electrons. The number of thiophene rings is 1. The van der Waals surface area contributed by atoms with E-state index in [9.17, 15) is 0 Å². The Morgan fingerprint density at radius 3 is 2.81 bits per heavy atom. The van der Waals surface area contributed by atoms with Crippen LogP contribution in [0.25, 0.3) is 22.4 Å². The highest BCUT2D eigenvalue weighted by atomic mass is 32.1. The van der Waals surface area contributed by atoms with Gasteiger partial charge in [0.1, 0.15) is 11.5 Å². The van der Waals surface area contributed by atoms with Crippen molar-refractivity contribution in [2.24, 2.45) is 5.73 Å². The molecular formula is C20H23N3O3S. The normalized spacial score (nSPS) is 11.6. The maximum absolute atomic E-state index is 5.65. The van der Waals surface area contributed by atoms with E-state index < -0.39 is 0 Å². The molecule has 0 amide bonds. The molecule has 0 spiro atoms. The van der Waals surface area contributed by atoms with Crippen LogP contribution < -0.4 is 15.2 Å². The van der Waals surface area contributed by atoms with Crippen LogP contribution in [0.2, 0.25) is 0 Å². The lowest BCUT2D eigenvalue weighted by Crippen LogP contribution is -1.98. The van der Waals surface area contributed by atoms with E-state index in [1.165, 1.54) is 0 Å². The summed E-state index contributed by atoms with van der Waals surface area (Å²) in [6.07, 6.45) is 4.69. The molecule has 27 heavy (non-hydrogen) atoms. The minimum absolute atomic E-state index is 0.522. The molecule has 0 aliphatic rings. The number of allylic oxidation sites excluding steroid dienone is 1. The lowest BCUT2D eigenvalue weighted by atomic mass is 10.0. The Morgan fingerprint density at radius 2 is 2.11 bits per heavy atom. The number of nitrogens with zero attached hydrogens (tertiary/aromatic N) is 2. The average Bonchev–Trinajstić information content (AvgIpc) is 3.39. The van der Waals surface area contributed by atoms with Crippen molar-refractivity contribution in [3.8, 4) is 22.2 Å². The summed E-state index contributed by atoms with van der Waals surface area (Å²) < 4.78 is 16.3. The van der Waals surface area contributed by atoms with E-state index in [2.05, 4.69) is 10.1 Å². The SMILES string of the molecule is COc1ccc(/C=C(\CCCCN)c2nc(-c3cccs3)no2)c(OC)c1. The van der Waals surface area contributed by atoms with Gasteiger partial charge in [0, 0.05) is 17.2 Å². The maximum atomic E-state index is 5.65. The number of unbranched alkanes of at least 4 members (excludes halogenated alkanes) is 1. The molecule has 2 N–H and O–H groups in total. The third-order valence-electron chi connectivity index (χ3n) is 4.11. The summed E-state index contributed by atoms with van der Waals surface area (Å²) in [5, 5.41) is 6.12. The summed E-state index contributed by atoms with van der Waals surface area (Å²) in [5.74, 6) is 2.59. The van der Waals surface area contributed by atoms with Crippen LogP contribution in [0.5, 0.6) is 11.5 Å². The van der Waals surface area contributed by atoms with Crippen LogP contribution in [0, 0.1) is 0 Å². The van der Waals surface area contributed by atoms with Crippen molar-refractivity contribution in [2.75, 3.05) is 20.8 Å². The molecule has 0 aliphatic heterocycles. The Morgan fingerprint density at radius 1 is 1.22 bits per heavy atom. The largest absolute Gasteiger partial charge is 0.497 e. The fourth-order valence-corrected chi connectivity index (χ4v) is 3.34. The molecule has 0 atom stereocenters. The molecule has 3 aromatic rings. The second-order valence-electron chi connectivity index (χ2n) is 5.92. The van der Waals surface area contributed by atoms with Crippen molar-refractivity contribution >= 4 is 23.0 Å². The van der Waals surface area contributed by atoms with E-state index in [4.69, 9.17) is 19.7 Å². The first kappa shape index (κ1) is 19.1. The number of rotatable bonds is 9. The minimum atomic E-state index is 0.522. The Balaban J connectivity index is 1.95. The molecule has 0 aliphatic carbocycles. The molecule has 2 aromatic heterocycles. The summed E-state index contributed by atoms with van der Waals surface area (Å²) >= 11 is 1.58. The second-order valence-corrected chi connectivity index (χ2v) is 6.87. The third kappa shape index (κ3) is 4.75. The van der Waals surface area contributed by atoms with Gasteiger partial charge >= 0.3 is 0 Å². The van der Waals surface area contributed by atoms with E-state index in [1.54, 1.807) is 25.6 Å². The fourth-order valence-electron chi connectivity index (χ4n) is 2.69. The Kier molecular flexibility index (Phi) is 6.62. The van der Waals surface area contributed by atoms with Gasteiger partial charge in [-0.1, -0.05) is 11.2 Å². The molecule has 0 saturated carbocycles. The molecule has 0 bridgehead atoms. The van der Waals surface area contributed by atoms with Gasteiger partial charge in [0.05, 0.1) is 19.1 Å². The molecule has 2 heterocycles. The van der Waals surface area contributed by atoms with Gasteiger partial charge in [0.25, 0.3) is 5.89 Å². The zero-order chi connectivity index (χ0) is 19.1. The highest BCUT2D eigenvalue weighted by Crippen LogP contribution is 2.31. The van der Waals surface area contributed by atoms with E-state index in [0.717, 1.165) is 46.8 Å². The number of methoxy groups -OCH3 is 2. The highest BCUT2D eigenvalue weighted by Gasteiger charge is 2.15. The summed E-state index contributed by atoms with van der Waals surface area (Å²) in [7, 11) is 3.27. The van der Waals surface area contributed by atoms with E-state index in [0.29, 0.717) is 18.3 Å². The predicted octanol–water partition coefficient (Wildman–Crippen LogP) is 4.48. The van der Waals surface area contributed by atoms with Crippen LogP contribution in [0.15, 0.2) is 40.2 Å². The molecular weight excluding hydrogens is 362 g/mol. The monoisotopic (exact) mass is 385 g/mol. The van der Waals surface area contributed by atoms with Gasteiger partial charge < -0.3 is 19.7 Å². The quantitative estimate of drug-likeness (QED) is 0.547. The van der Waals surface area contributed by atoms with Gasteiger partial charge in [0.2, 0.25) is 5.82 Å². The maximum Gasteiger partial charge on any atom is 0.254 e. The average molecular weight is 385 g/mol. The summed E-state index contributed by atoms with van der Waals surface area (Å²) in [6, 6.07) is 9.65. The van der Waals surface area contributed by atoms with Crippen LogP contribution in [0.4, 0.5) is 0 Å².